The fourth-order valence-electron chi connectivity index (χ4n) is 2.22. The van der Waals surface area contributed by atoms with Crippen LogP contribution in [0.3, 0.4) is 0 Å². The highest BCUT2D eigenvalue weighted by molar-refractivity contribution is 7.89. The van der Waals surface area contributed by atoms with Crippen LogP contribution in [-0.2, 0) is 10.0 Å². The van der Waals surface area contributed by atoms with Crippen LogP contribution >= 0.6 is 0 Å². The fourth-order valence-corrected chi connectivity index (χ4v) is 3.02. The van der Waals surface area contributed by atoms with Crippen LogP contribution in [0.2, 0.25) is 0 Å². The Morgan fingerprint density at radius 1 is 1.14 bits per heavy atom. The van der Waals surface area contributed by atoms with Crippen molar-refractivity contribution >= 4 is 15.7 Å². The van der Waals surface area contributed by atoms with Gasteiger partial charge in [-0.05, 0) is 37.6 Å². The van der Waals surface area contributed by atoms with E-state index in [-0.39, 0.29) is 16.8 Å². The van der Waals surface area contributed by atoms with Crippen LogP contribution in [0.25, 0.3) is 0 Å². The maximum atomic E-state index is 13.8. The van der Waals surface area contributed by atoms with E-state index in [0.29, 0.717) is 16.8 Å². The minimum Gasteiger partial charge on any atom is -0.378 e. The van der Waals surface area contributed by atoms with Crippen molar-refractivity contribution in [1.82, 2.24) is 0 Å². The minimum atomic E-state index is -3.78. The first kappa shape index (κ1) is 15.5. The highest BCUT2D eigenvalue weighted by atomic mass is 32.2. The van der Waals surface area contributed by atoms with E-state index in [1.807, 2.05) is 6.92 Å². The zero-order valence-corrected chi connectivity index (χ0v) is 12.6. The Kier molecular flexibility index (Phi) is 4.29. The number of benzene rings is 2. The van der Waals surface area contributed by atoms with Gasteiger partial charge < -0.3 is 5.32 Å². The van der Waals surface area contributed by atoms with Crippen LogP contribution in [0.5, 0.6) is 0 Å². The minimum absolute atomic E-state index is 0.0632. The van der Waals surface area contributed by atoms with Crippen LogP contribution in [-0.4, -0.2) is 8.42 Å². The molecule has 0 heterocycles. The lowest BCUT2D eigenvalue weighted by Gasteiger charge is -2.19. The molecule has 0 amide bonds. The van der Waals surface area contributed by atoms with Gasteiger partial charge in [0, 0.05) is 11.3 Å². The van der Waals surface area contributed by atoms with Crippen molar-refractivity contribution in [1.29, 1.82) is 0 Å². The van der Waals surface area contributed by atoms with E-state index < -0.39 is 10.0 Å². The van der Waals surface area contributed by atoms with Crippen molar-refractivity contribution in [2.75, 3.05) is 5.32 Å². The summed E-state index contributed by atoms with van der Waals surface area (Å²) in [6, 6.07) is 10.9. The largest absolute Gasteiger partial charge is 0.378 e. The van der Waals surface area contributed by atoms with Gasteiger partial charge in [0.15, 0.2) is 0 Å². The van der Waals surface area contributed by atoms with Gasteiger partial charge in [-0.2, -0.15) is 0 Å². The zero-order chi connectivity index (χ0) is 15.6. The highest BCUT2D eigenvalue weighted by Crippen LogP contribution is 2.27. The third-order valence-corrected chi connectivity index (χ3v) is 4.39. The SMILES string of the molecule is Cc1c(NC(C)c2ccccc2F)cccc1S(N)(=O)=O. The van der Waals surface area contributed by atoms with E-state index in [4.69, 9.17) is 5.14 Å². The van der Waals surface area contributed by atoms with E-state index >= 15 is 0 Å². The molecule has 0 radical (unpaired) electrons. The van der Waals surface area contributed by atoms with E-state index in [9.17, 15) is 12.8 Å². The number of rotatable bonds is 4. The van der Waals surface area contributed by atoms with Gasteiger partial charge in [-0.1, -0.05) is 24.3 Å². The first-order valence-corrected chi connectivity index (χ1v) is 7.98. The maximum absolute atomic E-state index is 13.8. The Labute approximate surface area is 123 Å². The van der Waals surface area contributed by atoms with Crippen molar-refractivity contribution in [2.24, 2.45) is 5.14 Å². The molecule has 21 heavy (non-hydrogen) atoms. The standard InChI is InChI=1S/C15H17FN2O2S/c1-10-14(8-5-9-15(10)21(17,19)20)18-11(2)12-6-3-4-7-13(12)16/h3-9,11,18H,1-2H3,(H2,17,19,20). The molecule has 2 rings (SSSR count). The Morgan fingerprint density at radius 2 is 1.81 bits per heavy atom. The molecule has 2 aromatic carbocycles. The quantitative estimate of drug-likeness (QED) is 0.912. The van der Waals surface area contributed by atoms with Crippen LogP contribution in [0.4, 0.5) is 10.1 Å². The molecular weight excluding hydrogens is 291 g/mol. The molecule has 0 aromatic heterocycles. The Bertz CT molecular complexity index is 760. The van der Waals surface area contributed by atoms with Crippen LogP contribution in [0.15, 0.2) is 47.4 Å². The number of nitrogens with two attached hydrogens (primary N) is 1. The van der Waals surface area contributed by atoms with Crippen LogP contribution in [0.1, 0.15) is 24.1 Å². The average molecular weight is 308 g/mol. The Balaban J connectivity index is 2.35. The van der Waals surface area contributed by atoms with E-state index in [1.54, 1.807) is 37.3 Å². The predicted molar refractivity (Wildman–Crippen MR) is 81.0 cm³/mol. The van der Waals surface area contributed by atoms with Gasteiger partial charge in [-0.15, -0.1) is 0 Å². The van der Waals surface area contributed by atoms with Gasteiger partial charge in [0.25, 0.3) is 0 Å². The molecule has 0 aliphatic heterocycles. The molecule has 0 bridgehead atoms. The summed E-state index contributed by atoms with van der Waals surface area (Å²) in [7, 11) is -3.78. The highest BCUT2D eigenvalue weighted by Gasteiger charge is 2.16. The van der Waals surface area contributed by atoms with Gasteiger partial charge >= 0.3 is 0 Å². The van der Waals surface area contributed by atoms with Gasteiger partial charge in [0.2, 0.25) is 10.0 Å². The summed E-state index contributed by atoms with van der Waals surface area (Å²) in [6.07, 6.45) is 0. The number of sulfonamides is 1. The first-order chi connectivity index (χ1) is 9.80. The number of halogens is 1. The molecule has 0 aliphatic carbocycles. The third kappa shape index (κ3) is 3.40. The second-order valence-corrected chi connectivity index (χ2v) is 6.39. The van der Waals surface area contributed by atoms with Crippen molar-refractivity contribution in [3.63, 3.8) is 0 Å². The predicted octanol–water partition coefficient (Wildman–Crippen LogP) is 2.95. The molecule has 6 heteroatoms. The fraction of sp³-hybridized carbons (Fsp3) is 0.200. The summed E-state index contributed by atoms with van der Waals surface area (Å²) in [5, 5.41) is 8.30. The third-order valence-electron chi connectivity index (χ3n) is 3.33. The normalized spacial score (nSPS) is 13.0. The molecule has 3 N–H and O–H groups in total. The van der Waals surface area contributed by atoms with Crippen LogP contribution in [0, 0.1) is 12.7 Å². The van der Waals surface area contributed by atoms with Crippen molar-refractivity contribution < 1.29 is 12.8 Å². The molecule has 4 nitrogen and oxygen atoms in total. The van der Waals surface area contributed by atoms with E-state index in [2.05, 4.69) is 5.32 Å². The smallest absolute Gasteiger partial charge is 0.238 e. The summed E-state index contributed by atoms with van der Waals surface area (Å²) in [5.74, 6) is -0.308. The molecule has 0 aliphatic rings. The number of hydrogen-bond donors (Lipinski definition) is 2. The molecule has 2 aromatic rings. The van der Waals surface area contributed by atoms with Gasteiger partial charge in [-0.25, -0.2) is 17.9 Å². The number of primary sulfonamides is 1. The molecular formula is C15H17FN2O2S. The van der Waals surface area contributed by atoms with Crippen molar-refractivity contribution in [3.8, 4) is 0 Å². The lowest BCUT2D eigenvalue weighted by Crippen LogP contribution is -2.15. The van der Waals surface area contributed by atoms with Crippen LogP contribution < -0.4 is 10.5 Å². The van der Waals surface area contributed by atoms with Gasteiger partial charge in [0.05, 0.1) is 10.9 Å². The molecule has 1 atom stereocenters. The van der Waals surface area contributed by atoms with Gasteiger partial charge in [-0.3, -0.25) is 0 Å². The molecule has 112 valence electrons. The van der Waals surface area contributed by atoms with Crippen molar-refractivity contribution in [3.05, 3.63) is 59.4 Å². The molecule has 0 fully saturated rings. The first-order valence-electron chi connectivity index (χ1n) is 6.44. The molecule has 0 saturated carbocycles. The second-order valence-electron chi connectivity index (χ2n) is 4.86. The number of anilines is 1. The number of hydrogen-bond acceptors (Lipinski definition) is 3. The summed E-state index contributed by atoms with van der Waals surface area (Å²) in [4.78, 5) is 0.0632. The average Bonchev–Trinajstić information content (AvgIpc) is 2.40. The summed E-state index contributed by atoms with van der Waals surface area (Å²) in [5.41, 5.74) is 1.64. The van der Waals surface area contributed by atoms with Gasteiger partial charge in [0.1, 0.15) is 5.82 Å². The topological polar surface area (TPSA) is 72.2 Å². The monoisotopic (exact) mass is 308 g/mol. The molecule has 0 saturated heterocycles. The van der Waals surface area contributed by atoms with Crippen molar-refractivity contribution in [2.45, 2.75) is 24.8 Å². The molecule has 1 unspecified atom stereocenters. The second kappa shape index (κ2) is 5.83. The van der Waals surface area contributed by atoms with E-state index in [0.717, 1.165) is 0 Å². The Hall–Kier alpha value is -1.92. The zero-order valence-electron chi connectivity index (χ0n) is 11.8. The summed E-state index contributed by atoms with van der Waals surface area (Å²) >= 11 is 0. The lowest BCUT2D eigenvalue weighted by atomic mass is 10.1. The Morgan fingerprint density at radius 3 is 2.43 bits per heavy atom. The van der Waals surface area contributed by atoms with E-state index in [1.165, 1.54) is 12.1 Å². The molecule has 0 spiro atoms. The summed E-state index contributed by atoms with van der Waals surface area (Å²) in [6.45, 7) is 3.47. The lowest BCUT2D eigenvalue weighted by molar-refractivity contribution is 0.596. The maximum Gasteiger partial charge on any atom is 0.238 e. The summed E-state index contributed by atoms with van der Waals surface area (Å²) < 4.78 is 36.8. The number of nitrogens with one attached hydrogen (secondary N) is 1.